The Morgan fingerprint density at radius 2 is 1.87 bits per heavy atom. The number of hydrogen-bond acceptors (Lipinski definition) is 7. The molecule has 0 atom stereocenters. The topological polar surface area (TPSA) is 123 Å². The van der Waals surface area contributed by atoms with Gasteiger partial charge in [-0.3, -0.25) is 14.2 Å². The molecule has 0 unspecified atom stereocenters. The smallest absolute Gasteiger partial charge is 0.298 e. The van der Waals surface area contributed by atoms with E-state index in [9.17, 15) is 9.59 Å². The maximum Gasteiger partial charge on any atom is 0.298 e. The van der Waals surface area contributed by atoms with Crippen LogP contribution in [0.25, 0.3) is 0 Å². The summed E-state index contributed by atoms with van der Waals surface area (Å²) in [7, 11) is 0. The number of rotatable bonds is 7. The van der Waals surface area contributed by atoms with E-state index in [1.165, 1.54) is 4.57 Å². The van der Waals surface area contributed by atoms with Crippen LogP contribution < -0.4 is 21.2 Å². The highest BCUT2D eigenvalue weighted by atomic mass is 35.5. The number of H-pyrrole nitrogens is 1. The molecule has 0 radical (unpaired) electrons. The number of amides is 1. The number of nitrogens with zero attached hydrogens (tertiary/aromatic N) is 4. The van der Waals surface area contributed by atoms with Crippen molar-refractivity contribution in [2.24, 2.45) is 10.9 Å². The third kappa shape index (κ3) is 6.34. The van der Waals surface area contributed by atoms with Crippen LogP contribution in [0.3, 0.4) is 0 Å². The number of anilines is 1. The van der Waals surface area contributed by atoms with Crippen LogP contribution in [0.2, 0.25) is 5.02 Å². The molecule has 3 heterocycles. The van der Waals surface area contributed by atoms with Gasteiger partial charge in [-0.1, -0.05) is 29.8 Å². The average molecular weight is 533 g/mol. The number of aromatic nitrogens is 4. The van der Waals surface area contributed by atoms with E-state index in [1.807, 2.05) is 24.3 Å². The van der Waals surface area contributed by atoms with E-state index in [0.717, 1.165) is 5.56 Å². The van der Waals surface area contributed by atoms with Crippen molar-refractivity contribution in [1.29, 1.82) is 0 Å². The number of ether oxygens (including phenoxy) is 2. The van der Waals surface area contributed by atoms with Gasteiger partial charge in [0.2, 0.25) is 23.2 Å². The van der Waals surface area contributed by atoms with Gasteiger partial charge in [0.15, 0.2) is 0 Å². The van der Waals surface area contributed by atoms with Crippen LogP contribution in [0.1, 0.15) is 18.4 Å². The molecule has 194 valence electrons. The number of hydrogen-bond donors (Lipinski definition) is 2. The predicted molar refractivity (Wildman–Crippen MR) is 142 cm³/mol. The second-order valence-electron chi connectivity index (χ2n) is 8.67. The molecule has 2 aromatic heterocycles. The number of carbonyl (C=O) groups excluding carboxylic acids is 1. The lowest BCUT2D eigenvalue weighted by Gasteiger charge is -2.20. The van der Waals surface area contributed by atoms with Crippen molar-refractivity contribution in [3.63, 3.8) is 0 Å². The summed E-state index contributed by atoms with van der Waals surface area (Å²) >= 11 is 6.03. The lowest BCUT2D eigenvalue weighted by Crippen LogP contribution is -2.40. The van der Waals surface area contributed by atoms with E-state index >= 15 is 0 Å². The summed E-state index contributed by atoms with van der Waals surface area (Å²) in [5, 5.41) is 10.2. The van der Waals surface area contributed by atoms with Gasteiger partial charge in [0.1, 0.15) is 5.75 Å². The maximum atomic E-state index is 13.5. The molecule has 10 nitrogen and oxygen atoms in total. The third-order valence-corrected chi connectivity index (χ3v) is 6.24. The van der Waals surface area contributed by atoms with Gasteiger partial charge in [0.05, 0.1) is 12.2 Å². The van der Waals surface area contributed by atoms with Gasteiger partial charge in [-0.25, -0.2) is 15.1 Å². The Morgan fingerprint density at radius 1 is 1.11 bits per heavy atom. The highest BCUT2D eigenvalue weighted by molar-refractivity contribution is 6.30. The summed E-state index contributed by atoms with van der Waals surface area (Å²) < 4.78 is 12.5. The zero-order chi connectivity index (χ0) is 26.3. The molecule has 4 aromatic rings. The quantitative estimate of drug-likeness (QED) is 0.370. The van der Waals surface area contributed by atoms with E-state index in [4.69, 9.17) is 21.1 Å². The summed E-state index contributed by atoms with van der Waals surface area (Å²) in [6.45, 7) is 1.22. The molecular weight excluding hydrogens is 508 g/mol. The fourth-order valence-electron chi connectivity index (χ4n) is 3.94. The largest absolute Gasteiger partial charge is 0.439 e. The number of carbonyl (C=O) groups is 1. The monoisotopic (exact) mass is 532 g/mol. The van der Waals surface area contributed by atoms with Gasteiger partial charge < -0.3 is 14.8 Å². The van der Waals surface area contributed by atoms with Gasteiger partial charge >= 0.3 is 0 Å². The number of halogens is 1. The summed E-state index contributed by atoms with van der Waals surface area (Å²) in [4.78, 5) is 34.9. The Kier molecular flexibility index (Phi) is 7.91. The van der Waals surface area contributed by atoms with E-state index < -0.39 is 5.56 Å². The van der Waals surface area contributed by atoms with Gasteiger partial charge in [0.25, 0.3) is 5.56 Å². The van der Waals surface area contributed by atoms with Gasteiger partial charge in [-0.05, 0) is 60.9 Å². The van der Waals surface area contributed by atoms with E-state index in [0.29, 0.717) is 48.4 Å². The summed E-state index contributed by atoms with van der Waals surface area (Å²) in [5.74, 6) is 0.497. The molecule has 0 saturated carbocycles. The molecule has 1 fully saturated rings. The van der Waals surface area contributed by atoms with Crippen LogP contribution in [0.4, 0.5) is 11.5 Å². The Hall–Kier alpha value is -4.28. The van der Waals surface area contributed by atoms with E-state index in [2.05, 4.69) is 25.5 Å². The lowest BCUT2D eigenvalue weighted by molar-refractivity contribution is -0.122. The minimum Gasteiger partial charge on any atom is -0.439 e. The minimum atomic E-state index is -0.479. The zero-order valence-electron chi connectivity index (χ0n) is 20.3. The SMILES string of the molecule is O=C(Nc1n[nH]/c(=N\c2ccc(Oc3ccccn3)cc2)n(Cc2ccc(Cl)cc2)c1=O)C1CCOCC1. The Labute approximate surface area is 223 Å². The Balaban J connectivity index is 1.45. The molecule has 0 aliphatic carbocycles. The third-order valence-electron chi connectivity index (χ3n) is 5.99. The number of pyridine rings is 1. The first-order chi connectivity index (χ1) is 18.5. The van der Waals surface area contributed by atoms with Crippen LogP contribution in [0.15, 0.2) is 82.7 Å². The van der Waals surface area contributed by atoms with Crippen molar-refractivity contribution in [2.45, 2.75) is 19.4 Å². The summed E-state index contributed by atoms with van der Waals surface area (Å²) in [6, 6.07) is 19.6. The summed E-state index contributed by atoms with van der Waals surface area (Å²) in [6.07, 6.45) is 2.85. The van der Waals surface area contributed by atoms with Crippen LogP contribution in [0, 0.1) is 5.92 Å². The first-order valence-corrected chi connectivity index (χ1v) is 12.5. The molecule has 11 heteroatoms. The van der Waals surface area contributed by atoms with Crippen LogP contribution in [-0.2, 0) is 16.1 Å². The molecule has 1 saturated heterocycles. The van der Waals surface area contributed by atoms with Gasteiger partial charge in [-0.15, -0.1) is 5.10 Å². The maximum absolute atomic E-state index is 13.5. The molecule has 5 rings (SSSR count). The molecular formula is C27H25ClN6O4. The summed E-state index contributed by atoms with van der Waals surface area (Å²) in [5.41, 5.74) is 1.13. The van der Waals surface area contributed by atoms with E-state index in [-0.39, 0.29) is 29.8 Å². The van der Waals surface area contributed by atoms with Crippen molar-refractivity contribution in [3.8, 4) is 11.6 Å². The molecule has 0 bridgehead atoms. The van der Waals surface area contributed by atoms with Crippen LogP contribution in [0.5, 0.6) is 11.6 Å². The molecule has 0 spiro atoms. The van der Waals surface area contributed by atoms with Crippen LogP contribution >= 0.6 is 11.6 Å². The molecule has 38 heavy (non-hydrogen) atoms. The minimum absolute atomic E-state index is 0.0893. The lowest BCUT2D eigenvalue weighted by atomic mass is 9.99. The molecule has 2 N–H and O–H groups in total. The number of benzene rings is 2. The van der Waals surface area contributed by atoms with Crippen molar-refractivity contribution < 1.29 is 14.3 Å². The van der Waals surface area contributed by atoms with Crippen LogP contribution in [-0.4, -0.2) is 38.9 Å². The highest BCUT2D eigenvalue weighted by Crippen LogP contribution is 2.22. The zero-order valence-corrected chi connectivity index (χ0v) is 21.1. The highest BCUT2D eigenvalue weighted by Gasteiger charge is 2.23. The van der Waals surface area contributed by atoms with Crippen molar-refractivity contribution in [2.75, 3.05) is 18.5 Å². The fourth-order valence-corrected chi connectivity index (χ4v) is 4.07. The fraction of sp³-hybridized carbons (Fsp3) is 0.222. The van der Waals surface area contributed by atoms with Crippen molar-refractivity contribution in [1.82, 2.24) is 19.7 Å². The van der Waals surface area contributed by atoms with E-state index in [1.54, 1.807) is 48.7 Å². The Bertz CT molecular complexity index is 1510. The average Bonchev–Trinajstić information content (AvgIpc) is 2.95. The number of nitrogens with one attached hydrogen (secondary N) is 2. The normalized spacial score (nSPS) is 14.3. The molecule has 1 amide bonds. The van der Waals surface area contributed by atoms with Gasteiger partial charge in [-0.2, -0.15) is 0 Å². The number of aromatic amines is 1. The molecule has 1 aliphatic heterocycles. The van der Waals surface area contributed by atoms with Gasteiger partial charge in [0, 0.05) is 36.4 Å². The second-order valence-corrected chi connectivity index (χ2v) is 9.10. The first-order valence-electron chi connectivity index (χ1n) is 12.1. The molecule has 2 aromatic carbocycles. The Morgan fingerprint density at radius 3 is 2.58 bits per heavy atom. The van der Waals surface area contributed by atoms with Crippen molar-refractivity contribution in [3.05, 3.63) is 99.5 Å². The second kappa shape index (κ2) is 11.8. The van der Waals surface area contributed by atoms with Crippen molar-refractivity contribution >= 4 is 29.0 Å². The molecule has 1 aliphatic rings. The standard InChI is InChI=1S/C27H25ClN6O4/c28-20-6-4-18(5-7-20)17-34-26(36)24(31-25(35)19-12-15-37-16-13-19)32-33-27(34)30-21-8-10-22(11-9-21)38-23-3-1-2-14-29-23/h1-11,14,19H,12-13,15-17H2,(H,30,33)(H,31,32,35). The predicted octanol–water partition coefficient (Wildman–Crippen LogP) is 4.06. The first kappa shape index (κ1) is 25.4.